The molecule has 1 aromatic rings. The fourth-order valence-corrected chi connectivity index (χ4v) is 1.22. The Labute approximate surface area is 89.4 Å². The van der Waals surface area contributed by atoms with Crippen LogP contribution < -0.4 is 0 Å². The maximum Gasteiger partial charge on any atom is 0.166 e. The Morgan fingerprint density at radius 3 is 2.43 bits per heavy atom. The Bertz CT molecular complexity index is 349. The molecule has 14 heavy (non-hydrogen) atoms. The van der Waals surface area contributed by atoms with Crippen LogP contribution in [0.15, 0.2) is 35.9 Å². The molecule has 0 radical (unpaired) electrons. The Hall–Kier alpha value is -1.08. The lowest BCUT2D eigenvalue weighted by Gasteiger charge is -2.00. The monoisotopic (exact) mass is 208 g/mol. The van der Waals surface area contributed by atoms with Crippen LogP contribution >= 0.6 is 11.6 Å². The molecule has 0 saturated heterocycles. The van der Waals surface area contributed by atoms with E-state index in [4.69, 9.17) is 11.6 Å². The normalized spacial score (nSPS) is 11.5. The van der Waals surface area contributed by atoms with Gasteiger partial charge in [-0.15, -0.1) is 0 Å². The predicted octanol–water partition coefficient (Wildman–Crippen LogP) is 3.88. The van der Waals surface area contributed by atoms with Gasteiger partial charge in [0.1, 0.15) is 0 Å². The van der Waals surface area contributed by atoms with Crippen LogP contribution in [0.2, 0.25) is 5.02 Å². The summed E-state index contributed by atoms with van der Waals surface area (Å²) in [5.41, 5.74) is 1.81. The van der Waals surface area contributed by atoms with Gasteiger partial charge in [0.05, 0.1) is 0 Å². The maximum absolute atomic E-state index is 11.6. The second-order valence-electron chi connectivity index (χ2n) is 3.24. The summed E-state index contributed by atoms with van der Waals surface area (Å²) >= 11 is 5.73. The fraction of sp³-hybridized carbons (Fsp3) is 0.250. The average Bonchev–Trinajstić information content (AvgIpc) is 2.18. The minimum atomic E-state index is 0.136. The smallest absolute Gasteiger partial charge is 0.166 e. The van der Waals surface area contributed by atoms with Gasteiger partial charge in [-0.05, 0) is 38.1 Å². The number of benzene rings is 1. The van der Waals surface area contributed by atoms with Crippen LogP contribution in [0.5, 0.6) is 0 Å². The first-order valence-electron chi connectivity index (χ1n) is 4.54. The first kappa shape index (κ1) is 11.0. The Morgan fingerprint density at radius 1 is 1.36 bits per heavy atom. The van der Waals surface area contributed by atoms with E-state index in [0.717, 1.165) is 11.1 Å². The standard InChI is InChI=1S/C12H13ClO/c1-3-9(2)8-12(14)10-4-6-11(13)7-5-10/h3-7H,8H2,1-2H3/b9-3-. The highest BCUT2D eigenvalue weighted by Crippen LogP contribution is 2.13. The second kappa shape index (κ2) is 4.97. The van der Waals surface area contributed by atoms with Gasteiger partial charge in [0.15, 0.2) is 5.78 Å². The summed E-state index contributed by atoms with van der Waals surface area (Å²) in [7, 11) is 0. The van der Waals surface area contributed by atoms with Gasteiger partial charge in [-0.1, -0.05) is 23.3 Å². The van der Waals surface area contributed by atoms with Crippen molar-refractivity contribution < 1.29 is 4.79 Å². The van der Waals surface area contributed by atoms with Crippen molar-refractivity contribution in [2.24, 2.45) is 0 Å². The molecule has 0 aliphatic heterocycles. The van der Waals surface area contributed by atoms with Crippen molar-refractivity contribution in [2.75, 3.05) is 0 Å². The number of ketones is 1. The molecule has 0 aliphatic carbocycles. The van der Waals surface area contributed by atoms with Crippen molar-refractivity contribution in [3.8, 4) is 0 Å². The quantitative estimate of drug-likeness (QED) is 0.544. The van der Waals surface area contributed by atoms with Crippen LogP contribution in [0.3, 0.4) is 0 Å². The molecule has 1 rings (SSSR count). The van der Waals surface area contributed by atoms with Crippen molar-refractivity contribution in [1.29, 1.82) is 0 Å². The zero-order valence-electron chi connectivity index (χ0n) is 8.38. The van der Waals surface area contributed by atoms with E-state index in [1.54, 1.807) is 24.3 Å². The van der Waals surface area contributed by atoms with Gasteiger partial charge in [-0.3, -0.25) is 4.79 Å². The topological polar surface area (TPSA) is 17.1 Å². The number of carbonyl (C=O) groups is 1. The number of rotatable bonds is 3. The first-order valence-corrected chi connectivity index (χ1v) is 4.92. The molecule has 1 aromatic carbocycles. The Kier molecular flexibility index (Phi) is 3.90. The van der Waals surface area contributed by atoms with Gasteiger partial charge in [-0.25, -0.2) is 0 Å². The molecule has 0 spiro atoms. The molecule has 1 nitrogen and oxygen atoms in total. The Balaban J connectivity index is 2.75. The van der Waals surface area contributed by atoms with Gasteiger partial charge in [0, 0.05) is 17.0 Å². The molecule has 0 bridgehead atoms. The van der Waals surface area contributed by atoms with Gasteiger partial charge in [0.25, 0.3) is 0 Å². The zero-order chi connectivity index (χ0) is 10.6. The lowest BCUT2D eigenvalue weighted by molar-refractivity contribution is 0.0993. The summed E-state index contributed by atoms with van der Waals surface area (Å²) < 4.78 is 0. The van der Waals surface area contributed by atoms with E-state index >= 15 is 0 Å². The van der Waals surface area contributed by atoms with Crippen LogP contribution in [0.4, 0.5) is 0 Å². The third-order valence-corrected chi connectivity index (χ3v) is 2.35. The van der Waals surface area contributed by atoms with E-state index in [9.17, 15) is 4.79 Å². The molecule has 0 heterocycles. The molecule has 74 valence electrons. The number of hydrogen-bond donors (Lipinski definition) is 0. The van der Waals surface area contributed by atoms with Crippen molar-refractivity contribution in [3.63, 3.8) is 0 Å². The molecule has 0 aliphatic rings. The van der Waals surface area contributed by atoms with Gasteiger partial charge in [0.2, 0.25) is 0 Å². The maximum atomic E-state index is 11.6. The van der Waals surface area contributed by atoms with Gasteiger partial charge in [-0.2, -0.15) is 0 Å². The van der Waals surface area contributed by atoms with Crippen molar-refractivity contribution in [2.45, 2.75) is 20.3 Å². The Morgan fingerprint density at radius 2 is 1.93 bits per heavy atom. The minimum absolute atomic E-state index is 0.136. The second-order valence-corrected chi connectivity index (χ2v) is 3.68. The molecule has 0 fully saturated rings. The van der Waals surface area contributed by atoms with Crippen LogP contribution in [0, 0.1) is 0 Å². The minimum Gasteiger partial charge on any atom is -0.294 e. The third-order valence-electron chi connectivity index (χ3n) is 2.10. The van der Waals surface area contributed by atoms with E-state index in [0.29, 0.717) is 11.4 Å². The zero-order valence-corrected chi connectivity index (χ0v) is 9.14. The van der Waals surface area contributed by atoms with Crippen molar-refractivity contribution in [3.05, 3.63) is 46.5 Å². The van der Waals surface area contributed by atoms with E-state index in [1.165, 1.54) is 0 Å². The summed E-state index contributed by atoms with van der Waals surface area (Å²) in [6.45, 7) is 3.89. The molecule has 0 saturated carbocycles. The molecule has 0 unspecified atom stereocenters. The first-order chi connectivity index (χ1) is 6.63. The van der Waals surface area contributed by atoms with Crippen LogP contribution in [-0.4, -0.2) is 5.78 Å². The molecule has 0 aromatic heterocycles. The number of halogens is 1. The van der Waals surface area contributed by atoms with E-state index < -0.39 is 0 Å². The lowest BCUT2D eigenvalue weighted by Crippen LogP contribution is -1.98. The molecule has 0 amide bonds. The molecule has 2 heteroatoms. The lowest BCUT2D eigenvalue weighted by atomic mass is 10.0. The molecule has 0 N–H and O–H groups in total. The van der Waals surface area contributed by atoms with E-state index in [1.807, 2.05) is 19.9 Å². The average molecular weight is 209 g/mol. The van der Waals surface area contributed by atoms with Crippen LogP contribution in [0.1, 0.15) is 30.6 Å². The van der Waals surface area contributed by atoms with Crippen molar-refractivity contribution >= 4 is 17.4 Å². The highest BCUT2D eigenvalue weighted by molar-refractivity contribution is 6.30. The summed E-state index contributed by atoms with van der Waals surface area (Å²) in [4.78, 5) is 11.6. The predicted molar refractivity (Wildman–Crippen MR) is 59.8 cm³/mol. The summed E-state index contributed by atoms with van der Waals surface area (Å²) in [5, 5.41) is 0.657. The van der Waals surface area contributed by atoms with Gasteiger partial charge < -0.3 is 0 Å². The van der Waals surface area contributed by atoms with E-state index in [2.05, 4.69) is 0 Å². The van der Waals surface area contributed by atoms with Gasteiger partial charge >= 0.3 is 0 Å². The summed E-state index contributed by atoms with van der Waals surface area (Å²) in [6, 6.07) is 6.99. The fourth-order valence-electron chi connectivity index (χ4n) is 1.09. The SMILES string of the molecule is C/C=C(/C)CC(=O)c1ccc(Cl)cc1. The van der Waals surface area contributed by atoms with Crippen molar-refractivity contribution in [1.82, 2.24) is 0 Å². The number of carbonyl (C=O) groups excluding carboxylic acids is 1. The number of hydrogen-bond acceptors (Lipinski definition) is 1. The third kappa shape index (κ3) is 3.00. The number of allylic oxidation sites excluding steroid dienone is 2. The van der Waals surface area contributed by atoms with Crippen LogP contribution in [-0.2, 0) is 0 Å². The van der Waals surface area contributed by atoms with Crippen LogP contribution in [0.25, 0.3) is 0 Å². The highest BCUT2D eigenvalue weighted by Gasteiger charge is 2.05. The molecular weight excluding hydrogens is 196 g/mol. The summed E-state index contributed by atoms with van der Waals surface area (Å²) in [5.74, 6) is 0.136. The van der Waals surface area contributed by atoms with E-state index in [-0.39, 0.29) is 5.78 Å². The molecule has 0 atom stereocenters. The summed E-state index contributed by atoms with van der Waals surface area (Å²) in [6.07, 6.45) is 2.44. The largest absolute Gasteiger partial charge is 0.294 e. The highest BCUT2D eigenvalue weighted by atomic mass is 35.5. The molecular formula is C12H13ClO. The number of Topliss-reactive ketones (excluding diaryl/α,β-unsaturated/α-hetero) is 1.